The van der Waals surface area contributed by atoms with Crippen LogP contribution in [0.4, 0.5) is 11.4 Å². The number of nitrogens with two attached hydrogens (primary N) is 2. The number of hydrogen-bond donors (Lipinski definition) is 2. The molecule has 0 unspecified atom stereocenters. The van der Waals surface area contributed by atoms with E-state index >= 15 is 0 Å². The fourth-order valence-electron chi connectivity index (χ4n) is 2.21. The minimum absolute atomic E-state index is 0.0461. The molecule has 0 saturated heterocycles. The zero-order chi connectivity index (χ0) is 15.6. The molecule has 0 aliphatic carbocycles. The van der Waals surface area contributed by atoms with Gasteiger partial charge in [-0.15, -0.1) is 0 Å². The third-order valence-electron chi connectivity index (χ3n) is 3.24. The molecule has 0 fully saturated rings. The van der Waals surface area contributed by atoms with Crippen molar-refractivity contribution in [2.45, 2.75) is 18.4 Å². The molecule has 0 saturated carbocycles. The van der Waals surface area contributed by atoms with Crippen molar-refractivity contribution in [3.63, 3.8) is 0 Å². The van der Waals surface area contributed by atoms with Gasteiger partial charge in [0.2, 0.25) is 10.0 Å². The monoisotopic (exact) mass is 305 g/mol. The summed E-state index contributed by atoms with van der Waals surface area (Å²) in [5, 5.41) is 5.10. The van der Waals surface area contributed by atoms with Gasteiger partial charge in [0.25, 0.3) is 0 Å². The van der Waals surface area contributed by atoms with Crippen molar-refractivity contribution in [3.8, 4) is 0 Å². The molecule has 0 aliphatic rings. The molecule has 4 N–H and O–H groups in total. The standard InChI is InChI=1S/C15H19N3O2S/c1-11-4-3-5-12(8-11)10-18(2)13-6-7-15(14(16)9-13)21(17,19)20/h3-9H,10,16H2,1-2H3,(H2,17,19,20). The molecule has 2 rings (SSSR count). The van der Waals surface area contributed by atoms with Crippen molar-refractivity contribution in [3.05, 3.63) is 53.6 Å². The first-order valence-corrected chi connectivity index (χ1v) is 8.01. The average molecular weight is 305 g/mol. The molecule has 0 aliphatic heterocycles. The minimum atomic E-state index is -3.78. The molecule has 6 heteroatoms. The number of benzene rings is 2. The summed E-state index contributed by atoms with van der Waals surface area (Å²) in [5.41, 5.74) is 9.14. The Hall–Kier alpha value is -2.05. The third kappa shape index (κ3) is 3.74. The second-order valence-electron chi connectivity index (χ2n) is 5.11. The maximum Gasteiger partial charge on any atom is 0.240 e. The van der Waals surface area contributed by atoms with Crippen molar-refractivity contribution in [2.24, 2.45) is 5.14 Å². The first kappa shape index (κ1) is 15.3. The third-order valence-corrected chi connectivity index (χ3v) is 4.23. The Kier molecular flexibility index (Phi) is 4.20. The molecule has 2 aromatic rings. The van der Waals surface area contributed by atoms with E-state index in [1.54, 1.807) is 12.1 Å². The first-order chi connectivity index (χ1) is 9.77. The summed E-state index contributed by atoms with van der Waals surface area (Å²) >= 11 is 0. The summed E-state index contributed by atoms with van der Waals surface area (Å²) in [7, 11) is -1.86. The number of hydrogen-bond acceptors (Lipinski definition) is 4. The second-order valence-corrected chi connectivity index (χ2v) is 6.64. The summed E-state index contributed by atoms with van der Waals surface area (Å²) in [5.74, 6) is 0. The summed E-state index contributed by atoms with van der Waals surface area (Å²) in [6, 6.07) is 13.0. The summed E-state index contributed by atoms with van der Waals surface area (Å²) in [6.07, 6.45) is 0. The van der Waals surface area contributed by atoms with Crippen LogP contribution in [-0.4, -0.2) is 15.5 Å². The summed E-state index contributed by atoms with van der Waals surface area (Å²) in [4.78, 5) is 1.95. The van der Waals surface area contributed by atoms with Crippen molar-refractivity contribution in [1.82, 2.24) is 0 Å². The molecule has 5 nitrogen and oxygen atoms in total. The lowest BCUT2D eigenvalue weighted by atomic mass is 10.1. The van der Waals surface area contributed by atoms with Gasteiger partial charge < -0.3 is 10.6 Å². The van der Waals surface area contributed by atoms with E-state index < -0.39 is 10.0 Å². The Morgan fingerprint density at radius 2 is 1.86 bits per heavy atom. The van der Waals surface area contributed by atoms with Gasteiger partial charge in [0.15, 0.2) is 0 Å². The second kappa shape index (κ2) is 5.75. The van der Waals surface area contributed by atoms with E-state index in [2.05, 4.69) is 6.07 Å². The highest BCUT2D eigenvalue weighted by Gasteiger charge is 2.13. The van der Waals surface area contributed by atoms with Gasteiger partial charge in [0.1, 0.15) is 4.90 Å². The Labute approximate surface area is 125 Å². The van der Waals surface area contributed by atoms with Gasteiger partial charge >= 0.3 is 0 Å². The fourth-order valence-corrected chi connectivity index (χ4v) is 2.85. The molecule has 112 valence electrons. The molecule has 21 heavy (non-hydrogen) atoms. The number of rotatable bonds is 4. The summed E-state index contributed by atoms with van der Waals surface area (Å²) in [6.45, 7) is 2.75. The highest BCUT2D eigenvalue weighted by Crippen LogP contribution is 2.24. The van der Waals surface area contributed by atoms with Crippen LogP contribution in [0.25, 0.3) is 0 Å². The fraction of sp³-hybridized carbons (Fsp3) is 0.200. The van der Waals surface area contributed by atoms with Crippen LogP contribution in [0, 0.1) is 6.92 Å². The number of primary sulfonamides is 1. The molecule has 0 amide bonds. The van der Waals surface area contributed by atoms with E-state index in [-0.39, 0.29) is 10.6 Å². The van der Waals surface area contributed by atoms with Gasteiger partial charge in [-0.25, -0.2) is 13.6 Å². The molecule has 0 spiro atoms. The largest absolute Gasteiger partial charge is 0.398 e. The van der Waals surface area contributed by atoms with Crippen molar-refractivity contribution < 1.29 is 8.42 Å². The lowest BCUT2D eigenvalue weighted by Gasteiger charge is -2.20. The number of nitrogen functional groups attached to an aromatic ring is 1. The number of aryl methyl sites for hydroxylation is 1. The van der Waals surface area contributed by atoms with E-state index in [1.807, 2.05) is 37.1 Å². The maximum atomic E-state index is 11.3. The lowest BCUT2D eigenvalue weighted by Crippen LogP contribution is -2.18. The minimum Gasteiger partial charge on any atom is -0.398 e. The van der Waals surface area contributed by atoms with Crippen LogP contribution in [0.5, 0.6) is 0 Å². The smallest absolute Gasteiger partial charge is 0.240 e. The van der Waals surface area contributed by atoms with Gasteiger partial charge in [0.05, 0.1) is 5.69 Å². The van der Waals surface area contributed by atoms with E-state index in [1.165, 1.54) is 17.2 Å². The van der Waals surface area contributed by atoms with Gasteiger partial charge in [-0.1, -0.05) is 29.8 Å². The van der Waals surface area contributed by atoms with Crippen LogP contribution in [0.1, 0.15) is 11.1 Å². The van der Waals surface area contributed by atoms with Crippen LogP contribution in [0.15, 0.2) is 47.4 Å². The topological polar surface area (TPSA) is 89.4 Å². The average Bonchev–Trinajstić information content (AvgIpc) is 2.37. The molecule has 2 aromatic carbocycles. The van der Waals surface area contributed by atoms with Gasteiger partial charge in [-0.2, -0.15) is 0 Å². The Morgan fingerprint density at radius 3 is 2.43 bits per heavy atom. The van der Waals surface area contributed by atoms with Crippen molar-refractivity contribution >= 4 is 21.4 Å². The number of anilines is 2. The van der Waals surface area contributed by atoms with Gasteiger partial charge in [-0.05, 0) is 30.7 Å². The van der Waals surface area contributed by atoms with Crippen LogP contribution in [0.3, 0.4) is 0 Å². The van der Waals surface area contributed by atoms with E-state index in [4.69, 9.17) is 10.9 Å². The molecule has 0 heterocycles. The molecule has 0 bridgehead atoms. The van der Waals surface area contributed by atoms with Crippen molar-refractivity contribution in [2.75, 3.05) is 17.7 Å². The predicted octanol–water partition coefficient (Wildman–Crippen LogP) is 1.86. The van der Waals surface area contributed by atoms with Crippen LogP contribution < -0.4 is 15.8 Å². The van der Waals surface area contributed by atoms with Crippen LogP contribution in [-0.2, 0) is 16.6 Å². The zero-order valence-electron chi connectivity index (χ0n) is 12.1. The Morgan fingerprint density at radius 1 is 1.14 bits per heavy atom. The number of nitrogens with zero attached hydrogens (tertiary/aromatic N) is 1. The van der Waals surface area contributed by atoms with E-state index in [9.17, 15) is 8.42 Å². The van der Waals surface area contributed by atoms with E-state index in [0.29, 0.717) is 6.54 Å². The van der Waals surface area contributed by atoms with E-state index in [0.717, 1.165) is 5.69 Å². The molecular weight excluding hydrogens is 286 g/mol. The van der Waals surface area contributed by atoms with Crippen LogP contribution in [0.2, 0.25) is 0 Å². The van der Waals surface area contributed by atoms with Crippen LogP contribution >= 0.6 is 0 Å². The van der Waals surface area contributed by atoms with Crippen molar-refractivity contribution in [1.29, 1.82) is 0 Å². The first-order valence-electron chi connectivity index (χ1n) is 6.46. The zero-order valence-corrected chi connectivity index (χ0v) is 12.9. The Bertz CT molecular complexity index is 757. The normalized spacial score (nSPS) is 11.4. The molecular formula is C15H19N3O2S. The number of sulfonamides is 1. The lowest BCUT2D eigenvalue weighted by molar-refractivity contribution is 0.598. The molecule has 0 aromatic heterocycles. The quantitative estimate of drug-likeness (QED) is 0.844. The highest BCUT2D eigenvalue weighted by atomic mass is 32.2. The van der Waals surface area contributed by atoms with Gasteiger partial charge in [-0.3, -0.25) is 0 Å². The Balaban J connectivity index is 2.24. The summed E-state index contributed by atoms with van der Waals surface area (Å²) < 4.78 is 22.7. The highest BCUT2D eigenvalue weighted by molar-refractivity contribution is 7.89. The molecule has 0 radical (unpaired) electrons. The van der Waals surface area contributed by atoms with Gasteiger partial charge in [0, 0.05) is 19.3 Å². The maximum absolute atomic E-state index is 11.3. The predicted molar refractivity (Wildman–Crippen MR) is 85.5 cm³/mol. The molecule has 0 atom stereocenters. The SMILES string of the molecule is Cc1cccc(CN(C)c2ccc(S(N)(=O)=O)c(N)c2)c1.